The van der Waals surface area contributed by atoms with Crippen molar-refractivity contribution in [2.75, 3.05) is 4.90 Å². The van der Waals surface area contributed by atoms with Crippen LogP contribution in [0.2, 0.25) is 0 Å². The van der Waals surface area contributed by atoms with E-state index in [9.17, 15) is 0 Å². The lowest BCUT2D eigenvalue weighted by Crippen LogP contribution is -2.39. The summed E-state index contributed by atoms with van der Waals surface area (Å²) in [7, 11) is 0. The number of nitrogens with zero attached hydrogens (tertiary/aromatic N) is 4. The Bertz CT molecular complexity index is 1490. The van der Waals surface area contributed by atoms with Gasteiger partial charge in [-0.05, 0) is 80.2 Å². The van der Waals surface area contributed by atoms with Crippen molar-refractivity contribution in [3.8, 4) is 11.4 Å². The Morgan fingerprint density at radius 2 is 1.73 bits per heavy atom. The van der Waals surface area contributed by atoms with Crippen LogP contribution in [0.1, 0.15) is 90.6 Å². The van der Waals surface area contributed by atoms with Crippen LogP contribution in [0.5, 0.6) is 0 Å². The van der Waals surface area contributed by atoms with Crippen molar-refractivity contribution < 1.29 is 0 Å². The van der Waals surface area contributed by atoms with E-state index in [1.807, 2.05) is 0 Å². The van der Waals surface area contributed by atoms with Gasteiger partial charge in [-0.2, -0.15) is 0 Å². The van der Waals surface area contributed by atoms with Crippen molar-refractivity contribution >= 4 is 11.4 Å². The molecule has 2 aromatic heterocycles. The molecular formula is C37H44N4. The standard InChI is InChI=1S/C37H44N4/c1-6-23-37(5)27(4)41(35-26(3)16-11-13-20-30(35)37)34-22-14-21-31(38-34)33-24-32(29-19-12-10-15-25(29)2)39-36(40-33)28-17-8-7-9-18-28/h7-10,12-14,17,19-22,24-28H,6,11,15-16,18,23H2,1-5H3. The number of allylic oxidation sites excluding steroid dienone is 11. The zero-order valence-electron chi connectivity index (χ0n) is 25.3. The van der Waals surface area contributed by atoms with Crippen molar-refractivity contribution in [2.45, 2.75) is 85.1 Å². The van der Waals surface area contributed by atoms with Crippen molar-refractivity contribution in [1.29, 1.82) is 0 Å². The molecule has 5 atom stereocenters. The lowest BCUT2D eigenvalue weighted by Gasteiger charge is -2.36. The SMILES string of the molecule is CCCC1(C)C2=C(C(C)CCC=C2)N(c2cccc(-c3cc(C4=CC=CCC4C)nc(C4C=CC=CC4)n3)n2)C1C. The molecule has 0 N–H and O–H groups in total. The van der Waals surface area contributed by atoms with E-state index in [1.54, 1.807) is 0 Å². The fraction of sp³-hybridized carbons (Fsp3) is 0.432. The Kier molecular flexibility index (Phi) is 7.68. The summed E-state index contributed by atoms with van der Waals surface area (Å²) in [4.78, 5) is 18.2. The third-order valence-electron chi connectivity index (χ3n) is 9.77. The van der Waals surface area contributed by atoms with E-state index >= 15 is 0 Å². The van der Waals surface area contributed by atoms with Gasteiger partial charge >= 0.3 is 0 Å². The number of rotatable bonds is 6. The van der Waals surface area contributed by atoms with Gasteiger partial charge in [0.1, 0.15) is 11.6 Å². The summed E-state index contributed by atoms with van der Waals surface area (Å²) in [6.07, 6.45) is 26.7. The molecule has 0 fully saturated rings. The average Bonchev–Trinajstić information content (AvgIpc) is 3.09. The largest absolute Gasteiger partial charge is 0.326 e. The maximum atomic E-state index is 5.36. The average molecular weight is 545 g/mol. The molecule has 3 heterocycles. The second-order valence-electron chi connectivity index (χ2n) is 12.6. The van der Waals surface area contributed by atoms with Gasteiger partial charge in [-0.15, -0.1) is 0 Å². The fourth-order valence-electron chi connectivity index (χ4n) is 7.25. The molecule has 4 heteroatoms. The highest BCUT2D eigenvalue weighted by Crippen LogP contribution is 2.52. The predicted molar refractivity (Wildman–Crippen MR) is 171 cm³/mol. The van der Waals surface area contributed by atoms with Gasteiger partial charge in [0.05, 0.1) is 17.1 Å². The van der Waals surface area contributed by atoms with Gasteiger partial charge in [-0.3, -0.25) is 0 Å². The summed E-state index contributed by atoms with van der Waals surface area (Å²) in [5, 5.41) is 0. The molecule has 6 rings (SSSR count). The minimum absolute atomic E-state index is 0.101. The normalized spacial score (nSPS) is 29.1. The summed E-state index contributed by atoms with van der Waals surface area (Å²) in [6.45, 7) is 11.9. The molecule has 212 valence electrons. The molecule has 3 aliphatic carbocycles. The minimum Gasteiger partial charge on any atom is -0.326 e. The van der Waals surface area contributed by atoms with E-state index in [0.29, 0.717) is 17.9 Å². The highest BCUT2D eigenvalue weighted by atomic mass is 15.3. The quantitative estimate of drug-likeness (QED) is 0.363. The number of hydrogen-bond donors (Lipinski definition) is 0. The molecule has 4 nitrogen and oxygen atoms in total. The lowest BCUT2D eigenvalue weighted by atomic mass is 9.74. The van der Waals surface area contributed by atoms with Crippen molar-refractivity contribution in [3.63, 3.8) is 0 Å². The van der Waals surface area contributed by atoms with Crippen molar-refractivity contribution in [1.82, 2.24) is 15.0 Å². The topological polar surface area (TPSA) is 41.9 Å². The number of anilines is 1. The molecule has 0 saturated carbocycles. The first-order chi connectivity index (χ1) is 19.9. The smallest absolute Gasteiger partial charge is 0.136 e. The molecule has 0 amide bonds. The highest BCUT2D eigenvalue weighted by molar-refractivity contribution is 5.71. The monoisotopic (exact) mass is 544 g/mol. The number of hydrogen-bond acceptors (Lipinski definition) is 4. The van der Waals surface area contributed by atoms with Gasteiger partial charge < -0.3 is 4.90 Å². The first kappa shape index (κ1) is 27.6. The zero-order chi connectivity index (χ0) is 28.6. The van der Waals surface area contributed by atoms with Crippen LogP contribution in [0.15, 0.2) is 90.2 Å². The fourth-order valence-corrected chi connectivity index (χ4v) is 7.25. The minimum atomic E-state index is 0.101. The summed E-state index contributed by atoms with van der Waals surface area (Å²) >= 11 is 0. The van der Waals surface area contributed by atoms with E-state index < -0.39 is 0 Å². The van der Waals surface area contributed by atoms with Gasteiger partial charge in [0, 0.05) is 23.1 Å². The highest BCUT2D eigenvalue weighted by Gasteiger charge is 2.48. The molecule has 5 unspecified atom stereocenters. The predicted octanol–water partition coefficient (Wildman–Crippen LogP) is 9.37. The van der Waals surface area contributed by atoms with Gasteiger partial charge in [0.15, 0.2) is 0 Å². The second kappa shape index (κ2) is 11.4. The van der Waals surface area contributed by atoms with Crippen molar-refractivity contribution in [2.24, 2.45) is 17.3 Å². The van der Waals surface area contributed by atoms with Crippen LogP contribution in [0.3, 0.4) is 0 Å². The maximum absolute atomic E-state index is 5.36. The van der Waals surface area contributed by atoms with Crippen LogP contribution in [-0.2, 0) is 0 Å². The van der Waals surface area contributed by atoms with E-state index in [4.69, 9.17) is 15.0 Å². The second-order valence-corrected chi connectivity index (χ2v) is 12.6. The van der Waals surface area contributed by atoms with Crippen molar-refractivity contribution in [3.05, 3.63) is 102 Å². The summed E-state index contributed by atoms with van der Waals surface area (Å²) < 4.78 is 0. The summed E-state index contributed by atoms with van der Waals surface area (Å²) in [5.74, 6) is 3.00. The van der Waals surface area contributed by atoms with Gasteiger partial charge in [0.2, 0.25) is 0 Å². The molecule has 2 aromatic rings. The van der Waals surface area contributed by atoms with Crippen LogP contribution in [0.25, 0.3) is 17.0 Å². The van der Waals surface area contributed by atoms with Gasteiger partial charge in [0.25, 0.3) is 0 Å². The molecule has 0 bridgehead atoms. The molecule has 1 aliphatic heterocycles. The lowest BCUT2D eigenvalue weighted by molar-refractivity contribution is 0.325. The summed E-state index contributed by atoms with van der Waals surface area (Å²) in [6, 6.07) is 8.96. The number of aromatic nitrogens is 3. The zero-order valence-corrected chi connectivity index (χ0v) is 25.3. The van der Waals surface area contributed by atoms with Crippen LogP contribution < -0.4 is 4.90 Å². The van der Waals surface area contributed by atoms with Crippen LogP contribution >= 0.6 is 0 Å². The van der Waals surface area contributed by atoms with Gasteiger partial charge in [-0.25, -0.2) is 15.0 Å². The summed E-state index contributed by atoms with van der Waals surface area (Å²) in [5.41, 5.74) is 7.20. The van der Waals surface area contributed by atoms with E-state index in [-0.39, 0.29) is 11.3 Å². The molecule has 0 aromatic carbocycles. The first-order valence-corrected chi connectivity index (χ1v) is 15.7. The van der Waals surface area contributed by atoms with Crippen LogP contribution in [0.4, 0.5) is 5.82 Å². The Morgan fingerprint density at radius 1 is 0.902 bits per heavy atom. The molecule has 0 spiro atoms. The molecule has 41 heavy (non-hydrogen) atoms. The van der Waals surface area contributed by atoms with E-state index in [1.165, 1.54) is 36.1 Å². The Hall–Kier alpha value is -3.53. The van der Waals surface area contributed by atoms with E-state index in [2.05, 4.69) is 118 Å². The van der Waals surface area contributed by atoms with Gasteiger partial charge in [-0.1, -0.05) is 94.9 Å². The third-order valence-corrected chi connectivity index (χ3v) is 9.77. The van der Waals surface area contributed by atoms with E-state index in [0.717, 1.165) is 48.0 Å². The Morgan fingerprint density at radius 3 is 2.51 bits per heavy atom. The molecule has 0 radical (unpaired) electrons. The Balaban J connectivity index is 1.46. The molecular weight excluding hydrogens is 500 g/mol. The Labute approximate surface area is 246 Å². The molecule has 4 aliphatic rings. The first-order valence-electron chi connectivity index (χ1n) is 15.7. The van der Waals surface area contributed by atoms with Crippen LogP contribution in [0, 0.1) is 17.3 Å². The van der Waals surface area contributed by atoms with Crippen LogP contribution in [-0.4, -0.2) is 21.0 Å². The third kappa shape index (κ3) is 5.07. The molecule has 0 saturated heterocycles. The number of pyridine rings is 1. The maximum Gasteiger partial charge on any atom is 0.136 e.